The molecule has 3 N–H and O–H groups in total. The molecule has 0 bridgehead atoms. The molecule has 1 fully saturated rings. The Morgan fingerprint density at radius 2 is 1.89 bits per heavy atom. The molecule has 3 rings (SSSR count). The molecule has 1 saturated carbocycles. The van der Waals surface area contributed by atoms with Gasteiger partial charge in [0.2, 0.25) is 5.91 Å². The normalized spacial score (nSPS) is 15.8. The Bertz CT molecular complexity index is 831. The molecule has 1 aromatic heterocycles. The highest BCUT2D eigenvalue weighted by molar-refractivity contribution is 8.00. The quantitative estimate of drug-likeness (QED) is 0.717. The van der Waals surface area contributed by atoms with E-state index in [0.717, 1.165) is 42.8 Å². The van der Waals surface area contributed by atoms with Crippen molar-refractivity contribution in [2.24, 2.45) is 5.73 Å². The van der Waals surface area contributed by atoms with Gasteiger partial charge in [-0.1, -0.05) is 31.0 Å². The number of primary amides is 1. The van der Waals surface area contributed by atoms with E-state index in [1.165, 1.54) is 18.2 Å². The minimum Gasteiger partial charge on any atom is -0.497 e. The molecule has 28 heavy (non-hydrogen) atoms. The van der Waals surface area contributed by atoms with Crippen LogP contribution in [-0.4, -0.2) is 39.1 Å². The molecule has 9 heteroatoms. The molecule has 1 aromatic carbocycles. The van der Waals surface area contributed by atoms with Crippen LogP contribution in [0.3, 0.4) is 0 Å². The van der Waals surface area contributed by atoms with Crippen molar-refractivity contribution >= 4 is 23.7 Å². The number of aromatic nitrogens is 3. The molecule has 0 aliphatic heterocycles. The summed E-state index contributed by atoms with van der Waals surface area (Å²) in [5.74, 6) is 1.11. The summed E-state index contributed by atoms with van der Waals surface area (Å²) in [6.07, 6.45) is 5.66. The number of carbonyl (C=O) groups is 2. The highest BCUT2D eigenvalue weighted by atomic mass is 32.2. The minimum atomic E-state index is -0.856. The van der Waals surface area contributed by atoms with Crippen LogP contribution < -0.4 is 15.8 Å². The predicted molar refractivity (Wildman–Crippen MR) is 107 cm³/mol. The lowest BCUT2D eigenvalue weighted by molar-refractivity contribution is -0.119. The van der Waals surface area contributed by atoms with Crippen molar-refractivity contribution in [3.63, 3.8) is 0 Å². The van der Waals surface area contributed by atoms with E-state index in [9.17, 15) is 9.59 Å². The third-order valence-corrected chi connectivity index (χ3v) is 5.91. The molecule has 1 aliphatic carbocycles. The average molecular weight is 404 g/mol. The molecule has 0 spiro atoms. The second kappa shape index (κ2) is 9.09. The summed E-state index contributed by atoms with van der Waals surface area (Å²) in [7, 11) is 1.63. The first kappa shape index (κ1) is 20.2. The summed E-state index contributed by atoms with van der Waals surface area (Å²) in [6.45, 7) is 1.72. The highest BCUT2D eigenvalue weighted by Crippen LogP contribution is 2.36. The van der Waals surface area contributed by atoms with Crippen LogP contribution in [0.2, 0.25) is 0 Å². The van der Waals surface area contributed by atoms with Crippen molar-refractivity contribution in [3.8, 4) is 17.1 Å². The number of rotatable bonds is 6. The van der Waals surface area contributed by atoms with Crippen LogP contribution >= 0.6 is 11.8 Å². The topological polar surface area (TPSA) is 112 Å². The molecule has 1 atom stereocenters. The Morgan fingerprint density at radius 1 is 1.21 bits per heavy atom. The van der Waals surface area contributed by atoms with E-state index in [-0.39, 0.29) is 6.04 Å². The molecular formula is C19H25N5O3S. The molecular weight excluding hydrogens is 378 g/mol. The number of amides is 3. The van der Waals surface area contributed by atoms with Crippen LogP contribution in [-0.2, 0) is 4.79 Å². The number of methoxy groups -OCH3 is 1. The van der Waals surface area contributed by atoms with Crippen LogP contribution in [0.5, 0.6) is 5.75 Å². The standard InChI is InChI=1S/C19H25N5O3S/c1-12(17(25)21-18(20)26)28-19-23-22-16(13-8-10-15(27-2)11-9-13)24(19)14-6-4-3-5-7-14/h8-12,14H,3-7H2,1-2H3,(H3,20,21,25,26)/t12-/m0/s1. The Morgan fingerprint density at radius 3 is 2.50 bits per heavy atom. The van der Waals surface area contributed by atoms with Crippen molar-refractivity contribution in [3.05, 3.63) is 24.3 Å². The minimum absolute atomic E-state index is 0.287. The van der Waals surface area contributed by atoms with Crippen molar-refractivity contribution in [1.82, 2.24) is 20.1 Å². The second-order valence-corrected chi connectivity index (χ2v) is 8.12. The van der Waals surface area contributed by atoms with Crippen LogP contribution in [0.25, 0.3) is 11.4 Å². The van der Waals surface area contributed by atoms with Gasteiger partial charge in [-0.05, 0) is 44.0 Å². The lowest BCUT2D eigenvalue weighted by atomic mass is 9.95. The van der Waals surface area contributed by atoms with Gasteiger partial charge in [0, 0.05) is 11.6 Å². The lowest BCUT2D eigenvalue weighted by Gasteiger charge is -2.26. The number of ether oxygens (including phenoxy) is 1. The number of hydrogen-bond acceptors (Lipinski definition) is 6. The Labute approximate surface area is 168 Å². The summed E-state index contributed by atoms with van der Waals surface area (Å²) < 4.78 is 7.38. The first-order chi connectivity index (χ1) is 13.5. The van der Waals surface area contributed by atoms with Gasteiger partial charge < -0.3 is 10.5 Å². The number of thioether (sulfide) groups is 1. The predicted octanol–water partition coefficient (Wildman–Crippen LogP) is 3.13. The number of urea groups is 1. The summed E-state index contributed by atoms with van der Waals surface area (Å²) in [6, 6.07) is 7.13. The number of benzene rings is 1. The van der Waals surface area contributed by atoms with E-state index in [2.05, 4.69) is 20.1 Å². The molecule has 0 unspecified atom stereocenters. The maximum Gasteiger partial charge on any atom is 0.318 e. The van der Waals surface area contributed by atoms with Gasteiger partial charge in [-0.15, -0.1) is 10.2 Å². The molecule has 0 radical (unpaired) electrons. The number of nitrogens with one attached hydrogen (secondary N) is 1. The number of nitrogens with two attached hydrogens (primary N) is 1. The number of nitrogens with zero attached hydrogens (tertiary/aromatic N) is 3. The Hall–Kier alpha value is -2.55. The van der Waals surface area contributed by atoms with Gasteiger partial charge in [0.1, 0.15) is 5.75 Å². The maximum absolute atomic E-state index is 12.1. The zero-order valence-electron chi connectivity index (χ0n) is 16.1. The molecule has 1 aliphatic rings. The van der Waals surface area contributed by atoms with Crippen LogP contribution in [0, 0.1) is 0 Å². The van der Waals surface area contributed by atoms with Gasteiger partial charge in [0.25, 0.3) is 0 Å². The van der Waals surface area contributed by atoms with Crippen LogP contribution in [0.1, 0.15) is 45.1 Å². The second-order valence-electron chi connectivity index (χ2n) is 6.81. The SMILES string of the molecule is COc1ccc(-c2nnc(S[C@@H](C)C(=O)NC(N)=O)n2C2CCCCC2)cc1. The molecule has 8 nitrogen and oxygen atoms in total. The molecule has 150 valence electrons. The van der Waals surface area contributed by atoms with Crippen molar-refractivity contribution in [1.29, 1.82) is 0 Å². The van der Waals surface area contributed by atoms with E-state index < -0.39 is 17.2 Å². The Balaban J connectivity index is 1.92. The lowest BCUT2D eigenvalue weighted by Crippen LogP contribution is -2.39. The first-order valence-electron chi connectivity index (χ1n) is 9.36. The highest BCUT2D eigenvalue weighted by Gasteiger charge is 2.26. The van der Waals surface area contributed by atoms with Gasteiger partial charge in [-0.25, -0.2) is 4.79 Å². The largest absolute Gasteiger partial charge is 0.497 e. The van der Waals surface area contributed by atoms with E-state index in [0.29, 0.717) is 5.16 Å². The zero-order chi connectivity index (χ0) is 20.1. The zero-order valence-corrected chi connectivity index (χ0v) is 16.9. The van der Waals surface area contributed by atoms with Gasteiger partial charge in [0.15, 0.2) is 11.0 Å². The van der Waals surface area contributed by atoms with Crippen molar-refractivity contribution < 1.29 is 14.3 Å². The molecule has 3 amide bonds. The number of imide groups is 1. The average Bonchev–Trinajstić information content (AvgIpc) is 3.11. The maximum atomic E-state index is 12.1. The fraction of sp³-hybridized carbons (Fsp3) is 0.474. The monoisotopic (exact) mass is 403 g/mol. The summed E-state index contributed by atoms with van der Waals surface area (Å²) in [5.41, 5.74) is 6.00. The van der Waals surface area contributed by atoms with Gasteiger partial charge in [-0.3, -0.25) is 14.7 Å². The third kappa shape index (κ3) is 4.64. The van der Waals surface area contributed by atoms with E-state index in [1.54, 1.807) is 14.0 Å². The van der Waals surface area contributed by atoms with Gasteiger partial charge in [0.05, 0.1) is 12.4 Å². The van der Waals surface area contributed by atoms with E-state index >= 15 is 0 Å². The molecule has 2 aromatic rings. The smallest absolute Gasteiger partial charge is 0.318 e. The molecule has 1 heterocycles. The van der Waals surface area contributed by atoms with Gasteiger partial charge in [-0.2, -0.15) is 0 Å². The van der Waals surface area contributed by atoms with Gasteiger partial charge >= 0.3 is 6.03 Å². The van der Waals surface area contributed by atoms with Crippen LogP contribution in [0.4, 0.5) is 4.79 Å². The Kier molecular flexibility index (Phi) is 6.56. The summed E-state index contributed by atoms with van der Waals surface area (Å²) in [5, 5.41) is 11.0. The van der Waals surface area contributed by atoms with Crippen molar-refractivity contribution in [2.75, 3.05) is 7.11 Å². The number of carbonyl (C=O) groups excluding carboxylic acids is 2. The van der Waals surface area contributed by atoms with E-state index in [4.69, 9.17) is 10.5 Å². The molecule has 0 saturated heterocycles. The fourth-order valence-electron chi connectivity index (χ4n) is 3.40. The fourth-order valence-corrected chi connectivity index (χ4v) is 4.32. The van der Waals surface area contributed by atoms with Crippen LogP contribution in [0.15, 0.2) is 29.4 Å². The summed E-state index contributed by atoms with van der Waals surface area (Å²) in [4.78, 5) is 23.0. The summed E-state index contributed by atoms with van der Waals surface area (Å²) >= 11 is 1.28. The first-order valence-corrected chi connectivity index (χ1v) is 10.2. The van der Waals surface area contributed by atoms with E-state index in [1.807, 2.05) is 24.3 Å². The third-order valence-electron chi connectivity index (χ3n) is 4.85. The van der Waals surface area contributed by atoms with Crippen molar-refractivity contribution in [2.45, 2.75) is 55.5 Å². The number of hydrogen-bond donors (Lipinski definition) is 2.